The molecule has 0 saturated carbocycles. The van der Waals surface area contributed by atoms with Gasteiger partial charge in [-0.15, -0.1) is 0 Å². The van der Waals surface area contributed by atoms with E-state index in [1.165, 1.54) is 0 Å². The van der Waals surface area contributed by atoms with E-state index >= 15 is 0 Å². The van der Waals surface area contributed by atoms with Gasteiger partial charge in [0.15, 0.2) is 6.23 Å². The quantitative estimate of drug-likeness (QED) is 0.146. The van der Waals surface area contributed by atoms with Crippen molar-refractivity contribution in [2.24, 2.45) is 11.5 Å². The number of carbonyl (C=O) groups excluding carboxylic acids is 1. The fourth-order valence-corrected chi connectivity index (χ4v) is 4.13. The summed E-state index contributed by atoms with van der Waals surface area (Å²) in [6, 6.07) is -0.490. The second-order valence-corrected chi connectivity index (χ2v) is 8.93. The molecule has 1 aliphatic rings. The Hall–Kier alpha value is -2.14. The predicted molar refractivity (Wildman–Crippen MR) is 103 cm³/mol. The van der Waals surface area contributed by atoms with E-state index in [0.29, 0.717) is 0 Å². The first-order valence-corrected chi connectivity index (χ1v) is 10.9. The first kappa shape index (κ1) is 26.1. The molecule has 1 aromatic heterocycles. The smallest absolute Gasteiger partial charge is 0.404 e. The number of aromatic amines is 1. The monoisotopic (exact) mass is 484 g/mol. The maximum Gasteiger partial charge on any atom is 0.404 e. The van der Waals surface area contributed by atoms with Crippen molar-refractivity contribution < 1.29 is 48.7 Å². The molecule has 2 rings (SSSR count). The van der Waals surface area contributed by atoms with Crippen LogP contribution in [-0.2, 0) is 18.6 Å². The topological polar surface area (TPSA) is 270 Å². The number of carbonyl (C=O) groups is 1. The number of H-pyrrole nitrogens is 1. The molecule has 17 heteroatoms. The summed E-state index contributed by atoms with van der Waals surface area (Å²) >= 11 is 0. The molecule has 1 amide bonds. The highest BCUT2D eigenvalue weighted by molar-refractivity contribution is 7.52. The highest BCUT2D eigenvalue weighted by atomic mass is 31.2. The van der Waals surface area contributed by atoms with Gasteiger partial charge in [-0.05, 0) is 0 Å². The summed E-state index contributed by atoms with van der Waals surface area (Å²) < 4.78 is 27.6. The zero-order valence-corrected chi connectivity index (χ0v) is 17.4. The van der Waals surface area contributed by atoms with Gasteiger partial charge in [0.05, 0.1) is 18.9 Å². The Balaban J connectivity index is 1.95. The molecule has 0 radical (unpaired) electrons. The van der Waals surface area contributed by atoms with Crippen molar-refractivity contribution >= 4 is 13.7 Å². The fourth-order valence-electron chi connectivity index (χ4n) is 2.89. The molecule has 182 valence electrons. The van der Waals surface area contributed by atoms with E-state index in [9.17, 15) is 44.3 Å². The van der Waals surface area contributed by atoms with Crippen LogP contribution >= 0.6 is 7.60 Å². The number of primary amides is 1. The van der Waals surface area contributed by atoms with Crippen molar-refractivity contribution in [2.45, 2.75) is 42.8 Å². The van der Waals surface area contributed by atoms with Crippen molar-refractivity contribution in [1.29, 1.82) is 0 Å². The summed E-state index contributed by atoms with van der Waals surface area (Å²) in [5.74, 6) is 0. The van der Waals surface area contributed by atoms with Crippen molar-refractivity contribution in [3.05, 3.63) is 33.1 Å². The van der Waals surface area contributed by atoms with Crippen molar-refractivity contribution in [1.82, 2.24) is 9.55 Å². The number of hydrogen-bond donors (Lipinski definition) is 8. The lowest BCUT2D eigenvalue weighted by Gasteiger charge is -2.25. The average Bonchev–Trinajstić information content (AvgIpc) is 2.98. The molecule has 1 aromatic rings. The minimum Gasteiger partial charge on any atom is -0.447 e. The maximum absolute atomic E-state index is 12.3. The summed E-state index contributed by atoms with van der Waals surface area (Å²) in [6.07, 6.45) is -10.5. The number of nitrogens with one attached hydrogen (secondary N) is 1. The number of aliphatic hydroxyl groups excluding tert-OH is 4. The lowest BCUT2D eigenvalue weighted by atomic mass is 10.1. The zero-order valence-electron chi connectivity index (χ0n) is 16.5. The Labute approximate surface area is 179 Å². The summed E-state index contributed by atoms with van der Waals surface area (Å²) in [7, 11) is -4.50. The SMILES string of the molecule is NC(=O)OC[C@H](O)[C@@H](O)[C@H](N)CP(=O)(O)OC[C@H]1O[C@@H](n2ccc(=O)[nH]c2=O)[C@H](O)[C@@H]1O. The third-order valence-corrected chi connectivity index (χ3v) is 6.01. The number of ether oxygens (including phenoxy) is 2. The number of amides is 1. The van der Waals surface area contributed by atoms with Crippen LogP contribution in [0.3, 0.4) is 0 Å². The Morgan fingerprint density at radius 1 is 1.31 bits per heavy atom. The van der Waals surface area contributed by atoms with Crippen LogP contribution in [0.5, 0.6) is 0 Å². The number of aromatic nitrogens is 2. The van der Waals surface area contributed by atoms with Crippen molar-refractivity contribution in [3.8, 4) is 0 Å². The first-order chi connectivity index (χ1) is 14.8. The summed E-state index contributed by atoms with van der Waals surface area (Å²) in [6.45, 7) is -1.41. The number of rotatable bonds is 10. The molecule has 1 fully saturated rings. The molecule has 1 saturated heterocycles. The average molecular weight is 484 g/mol. The highest BCUT2D eigenvalue weighted by Gasteiger charge is 2.45. The number of hydrogen-bond acceptors (Lipinski definition) is 12. The first-order valence-electron chi connectivity index (χ1n) is 9.15. The normalized spacial score (nSPS) is 27.9. The lowest BCUT2D eigenvalue weighted by molar-refractivity contribution is -0.0528. The van der Waals surface area contributed by atoms with E-state index < -0.39 is 87.1 Å². The second kappa shape index (κ2) is 10.7. The van der Waals surface area contributed by atoms with Gasteiger partial charge in [-0.3, -0.25) is 18.9 Å². The molecule has 16 nitrogen and oxygen atoms in total. The predicted octanol–water partition coefficient (Wildman–Crippen LogP) is -4.50. The molecule has 10 N–H and O–H groups in total. The van der Waals surface area contributed by atoms with E-state index in [1.807, 2.05) is 4.98 Å². The van der Waals surface area contributed by atoms with Gasteiger partial charge in [0.1, 0.15) is 31.0 Å². The number of nitrogens with two attached hydrogens (primary N) is 2. The van der Waals surface area contributed by atoms with Gasteiger partial charge >= 0.3 is 19.4 Å². The molecule has 2 heterocycles. The lowest BCUT2D eigenvalue weighted by Crippen LogP contribution is -2.47. The van der Waals surface area contributed by atoms with Crippen LogP contribution in [0.15, 0.2) is 21.9 Å². The van der Waals surface area contributed by atoms with E-state index in [4.69, 9.17) is 20.7 Å². The van der Waals surface area contributed by atoms with E-state index in [2.05, 4.69) is 4.74 Å². The molecule has 0 aromatic carbocycles. The molecule has 0 spiro atoms. The summed E-state index contributed by atoms with van der Waals surface area (Å²) in [5.41, 5.74) is 8.71. The summed E-state index contributed by atoms with van der Waals surface area (Å²) in [5, 5.41) is 39.8. The van der Waals surface area contributed by atoms with Gasteiger partial charge in [-0.25, -0.2) is 9.59 Å². The van der Waals surface area contributed by atoms with Crippen LogP contribution in [0.1, 0.15) is 6.23 Å². The Kier molecular flexibility index (Phi) is 8.69. The molecule has 1 unspecified atom stereocenters. The standard InChI is InChI=1S/C15H25N4O12P/c16-6(10(22)7(20)3-29-14(17)25)5-32(27,28)30-4-8-11(23)12(24)13(31-8)19-2-1-9(21)18-15(19)26/h1-2,6-8,10-13,20,22-24H,3-5,16H2,(H2,17,25)(H,27,28)(H,18,21,26)/t6-,7+,8-,10+,11-,12-,13-/m1/s1. The van der Waals surface area contributed by atoms with Gasteiger partial charge in [0, 0.05) is 18.3 Å². The third-order valence-electron chi connectivity index (χ3n) is 4.57. The van der Waals surface area contributed by atoms with E-state index in [0.717, 1.165) is 16.8 Å². The highest BCUT2D eigenvalue weighted by Crippen LogP contribution is 2.43. The van der Waals surface area contributed by atoms with Crippen LogP contribution in [-0.4, -0.2) is 96.9 Å². The van der Waals surface area contributed by atoms with E-state index in [1.54, 1.807) is 0 Å². The molecule has 1 aliphatic heterocycles. The minimum absolute atomic E-state index is 0.690. The van der Waals surface area contributed by atoms with Crippen LogP contribution < -0.4 is 22.7 Å². The molecule has 32 heavy (non-hydrogen) atoms. The largest absolute Gasteiger partial charge is 0.447 e. The molecule has 0 bridgehead atoms. The van der Waals surface area contributed by atoms with E-state index in [-0.39, 0.29) is 0 Å². The fraction of sp³-hybridized carbons (Fsp3) is 0.667. The second-order valence-electron chi connectivity index (χ2n) is 7.03. The van der Waals surface area contributed by atoms with Gasteiger partial charge in [-0.1, -0.05) is 0 Å². The van der Waals surface area contributed by atoms with Crippen LogP contribution in [0, 0.1) is 0 Å². The van der Waals surface area contributed by atoms with Crippen LogP contribution in [0.2, 0.25) is 0 Å². The Morgan fingerprint density at radius 3 is 2.56 bits per heavy atom. The minimum atomic E-state index is -4.50. The molecule has 0 aliphatic carbocycles. The Bertz CT molecular complexity index is 953. The third kappa shape index (κ3) is 6.68. The van der Waals surface area contributed by atoms with Gasteiger partial charge in [-0.2, -0.15) is 0 Å². The van der Waals surface area contributed by atoms with Gasteiger partial charge < -0.3 is 50.8 Å². The number of aliphatic hydroxyl groups is 4. The van der Waals surface area contributed by atoms with Crippen LogP contribution in [0.25, 0.3) is 0 Å². The molecule has 8 atom stereocenters. The zero-order chi connectivity index (χ0) is 24.2. The maximum atomic E-state index is 12.3. The van der Waals surface area contributed by atoms with Gasteiger partial charge in [0.2, 0.25) is 0 Å². The van der Waals surface area contributed by atoms with Crippen molar-refractivity contribution in [2.75, 3.05) is 19.4 Å². The Morgan fingerprint density at radius 2 is 1.97 bits per heavy atom. The van der Waals surface area contributed by atoms with Crippen molar-refractivity contribution in [3.63, 3.8) is 0 Å². The molecular formula is C15H25N4O12P. The molecular weight excluding hydrogens is 459 g/mol. The summed E-state index contributed by atoms with van der Waals surface area (Å²) in [4.78, 5) is 45.4. The number of nitrogens with zero attached hydrogens (tertiary/aromatic N) is 1. The van der Waals surface area contributed by atoms with Crippen LogP contribution in [0.4, 0.5) is 4.79 Å². The van der Waals surface area contributed by atoms with Gasteiger partial charge in [0.25, 0.3) is 5.56 Å².